The highest BCUT2D eigenvalue weighted by Crippen LogP contribution is 2.29. The van der Waals surface area contributed by atoms with Crippen LogP contribution in [-0.2, 0) is 4.74 Å². The highest BCUT2D eigenvalue weighted by Gasteiger charge is 2.44. The molecule has 0 spiro atoms. The maximum absolute atomic E-state index is 10.1. The summed E-state index contributed by atoms with van der Waals surface area (Å²) in [6.07, 6.45) is -4.80. The van der Waals surface area contributed by atoms with E-state index in [0.29, 0.717) is 11.4 Å². The average Bonchev–Trinajstić information content (AvgIpc) is 3.10. The molecule has 2 heterocycles. The summed E-state index contributed by atoms with van der Waals surface area (Å²) in [4.78, 5) is 0. The van der Waals surface area contributed by atoms with Crippen molar-refractivity contribution in [2.24, 2.45) is 0 Å². The molecule has 0 radical (unpaired) electrons. The maximum Gasteiger partial charge on any atom is 0.180 e. The molecule has 1 aliphatic rings. The topological polar surface area (TPSA) is 130 Å². The molecule has 1 aromatic carbocycles. The zero-order valence-electron chi connectivity index (χ0n) is 12.9. The quantitative estimate of drug-likeness (QED) is 0.555. The summed E-state index contributed by atoms with van der Waals surface area (Å²) < 4.78 is 11.8. The Kier molecular flexibility index (Phi) is 4.78. The van der Waals surface area contributed by atoms with E-state index in [1.54, 1.807) is 37.6 Å². The molecular formula is C15H19N3O6. The summed E-state index contributed by atoms with van der Waals surface area (Å²) in [6, 6.07) is 7.17. The number of aliphatic hydroxyl groups is 4. The van der Waals surface area contributed by atoms with Crippen LogP contribution in [0.3, 0.4) is 0 Å². The van der Waals surface area contributed by atoms with Crippen molar-refractivity contribution >= 4 is 0 Å². The molecule has 1 aliphatic heterocycles. The van der Waals surface area contributed by atoms with Gasteiger partial charge in [0.1, 0.15) is 35.9 Å². The minimum absolute atomic E-state index is 0.499. The zero-order valence-corrected chi connectivity index (χ0v) is 12.9. The minimum atomic E-state index is -1.46. The Morgan fingerprint density at radius 2 is 1.83 bits per heavy atom. The minimum Gasteiger partial charge on any atom is -0.497 e. The second-order valence-corrected chi connectivity index (χ2v) is 5.53. The van der Waals surface area contributed by atoms with Crippen LogP contribution in [0.5, 0.6) is 5.75 Å². The molecule has 130 valence electrons. The van der Waals surface area contributed by atoms with Crippen molar-refractivity contribution in [1.82, 2.24) is 15.0 Å². The molecule has 4 N–H and O–H groups in total. The number of benzene rings is 1. The van der Waals surface area contributed by atoms with Crippen LogP contribution in [0, 0.1) is 0 Å². The second kappa shape index (κ2) is 6.83. The molecule has 24 heavy (non-hydrogen) atoms. The van der Waals surface area contributed by atoms with Crippen LogP contribution in [0.4, 0.5) is 0 Å². The van der Waals surface area contributed by atoms with Crippen LogP contribution in [-0.4, -0.2) is 73.6 Å². The van der Waals surface area contributed by atoms with Gasteiger partial charge in [0.2, 0.25) is 0 Å². The van der Waals surface area contributed by atoms with E-state index in [2.05, 4.69) is 10.3 Å². The molecule has 9 nitrogen and oxygen atoms in total. The van der Waals surface area contributed by atoms with Crippen LogP contribution < -0.4 is 4.74 Å². The first-order valence-corrected chi connectivity index (χ1v) is 7.42. The third-order valence-electron chi connectivity index (χ3n) is 4.02. The Hall–Kier alpha value is -2.04. The van der Waals surface area contributed by atoms with Gasteiger partial charge in [-0.15, -0.1) is 5.10 Å². The van der Waals surface area contributed by atoms with Crippen LogP contribution >= 0.6 is 0 Å². The lowest BCUT2D eigenvalue weighted by atomic mass is 9.98. The normalized spacial score (nSPS) is 30.3. The maximum atomic E-state index is 10.1. The lowest BCUT2D eigenvalue weighted by molar-refractivity contribution is -0.254. The van der Waals surface area contributed by atoms with Crippen LogP contribution in [0.1, 0.15) is 6.23 Å². The summed E-state index contributed by atoms with van der Waals surface area (Å²) in [6.45, 7) is -0.499. The third-order valence-corrected chi connectivity index (χ3v) is 4.02. The van der Waals surface area contributed by atoms with Gasteiger partial charge >= 0.3 is 0 Å². The molecular weight excluding hydrogens is 317 g/mol. The molecule has 0 bridgehead atoms. The van der Waals surface area contributed by atoms with Gasteiger partial charge in [-0.3, -0.25) is 0 Å². The monoisotopic (exact) mass is 336 g/mol. The van der Waals surface area contributed by atoms with E-state index in [1.807, 2.05) is 0 Å². The summed E-state index contributed by atoms with van der Waals surface area (Å²) in [5, 5.41) is 46.9. The Balaban J connectivity index is 1.83. The first-order valence-electron chi connectivity index (χ1n) is 7.42. The highest BCUT2D eigenvalue weighted by molar-refractivity contribution is 5.58. The molecule has 5 atom stereocenters. The molecule has 1 fully saturated rings. The van der Waals surface area contributed by atoms with Gasteiger partial charge in [-0.1, -0.05) is 5.21 Å². The summed E-state index contributed by atoms with van der Waals surface area (Å²) >= 11 is 0. The molecule has 9 heteroatoms. The van der Waals surface area contributed by atoms with Crippen LogP contribution in [0.2, 0.25) is 0 Å². The average molecular weight is 336 g/mol. The lowest BCUT2D eigenvalue weighted by Gasteiger charge is -2.39. The van der Waals surface area contributed by atoms with Crippen molar-refractivity contribution in [2.45, 2.75) is 30.6 Å². The largest absolute Gasteiger partial charge is 0.497 e. The Bertz CT molecular complexity index is 674. The number of ether oxygens (including phenoxy) is 2. The Morgan fingerprint density at radius 1 is 1.12 bits per heavy atom. The Labute approximate surface area is 137 Å². The van der Waals surface area contributed by atoms with Gasteiger partial charge in [-0.05, 0) is 24.3 Å². The first-order chi connectivity index (χ1) is 11.5. The summed E-state index contributed by atoms with van der Waals surface area (Å²) in [7, 11) is 1.57. The number of nitrogens with zero attached hydrogens (tertiary/aromatic N) is 3. The molecule has 0 amide bonds. The fraction of sp³-hybridized carbons (Fsp3) is 0.467. The summed E-state index contributed by atoms with van der Waals surface area (Å²) in [5.41, 5.74) is 1.32. The highest BCUT2D eigenvalue weighted by atomic mass is 16.6. The number of hydrogen-bond acceptors (Lipinski definition) is 8. The van der Waals surface area contributed by atoms with Gasteiger partial charge < -0.3 is 29.9 Å². The van der Waals surface area contributed by atoms with Gasteiger partial charge in [-0.25, -0.2) is 4.68 Å². The molecule has 0 saturated carbocycles. The number of hydrogen-bond donors (Lipinski definition) is 4. The van der Waals surface area contributed by atoms with Crippen molar-refractivity contribution in [1.29, 1.82) is 0 Å². The number of rotatable bonds is 4. The molecule has 3 rings (SSSR count). The van der Waals surface area contributed by atoms with Crippen LogP contribution in [0.25, 0.3) is 11.3 Å². The van der Waals surface area contributed by atoms with E-state index in [9.17, 15) is 20.4 Å². The van der Waals surface area contributed by atoms with E-state index < -0.39 is 37.3 Å². The van der Waals surface area contributed by atoms with E-state index >= 15 is 0 Å². The summed E-state index contributed by atoms with van der Waals surface area (Å²) in [5.74, 6) is 0.708. The predicted molar refractivity (Wildman–Crippen MR) is 81.0 cm³/mol. The second-order valence-electron chi connectivity index (χ2n) is 5.53. The van der Waals surface area contributed by atoms with Gasteiger partial charge in [0.25, 0.3) is 0 Å². The molecule has 1 aromatic heterocycles. The number of aliphatic hydroxyl groups excluding tert-OH is 4. The predicted octanol–water partition coefficient (Wildman–Crippen LogP) is -1.07. The molecule has 0 aliphatic carbocycles. The van der Waals surface area contributed by atoms with E-state index in [0.717, 1.165) is 5.56 Å². The number of methoxy groups -OCH3 is 1. The third kappa shape index (κ3) is 2.99. The van der Waals surface area contributed by atoms with E-state index in [4.69, 9.17) is 9.47 Å². The van der Waals surface area contributed by atoms with Gasteiger partial charge in [0.05, 0.1) is 19.9 Å². The fourth-order valence-corrected chi connectivity index (χ4v) is 2.60. The standard InChI is InChI=1S/C15H19N3O6/c1-23-9-4-2-8(3-5-9)10-6-18(17-16-10)15-14(22)13(21)12(20)11(7-19)24-15/h2-6,11-15,19-22H,7H2,1H3/t11-,12+,13+,14-,15-/m1/s1/i1-1. The lowest BCUT2D eigenvalue weighted by Crippen LogP contribution is -2.56. The molecule has 0 unspecified atom stereocenters. The van der Waals surface area contributed by atoms with Crippen molar-refractivity contribution in [3.63, 3.8) is 0 Å². The zero-order chi connectivity index (χ0) is 17.3. The molecule has 2 aromatic rings. The van der Waals surface area contributed by atoms with Gasteiger partial charge in [-0.2, -0.15) is 0 Å². The fourth-order valence-electron chi connectivity index (χ4n) is 2.60. The number of aromatic nitrogens is 3. The van der Waals surface area contributed by atoms with Gasteiger partial charge in [0, 0.05) is 5.56 Å². The SMILES string of the molecule is [11CH3]Oc1ccc(-c2cn([C@@H]3O[C@H](CO)[C@H](O)[C@H](O)[C@H]3O)nn2)cc1. The van der Waals surface area contributed by atoms with Crippen molar-refractivity contribution in [2.75, 3.05) is 13.7 Å². The van der Waals surface area contributed by atoms with Crippen molar-refractivity contribution in [3.8, 4) is 17.0 Å². The first kappa shape index (κ1) is 16.8. The van der Waals surface area contributed by atoms with Crippen molar-refractivity contribution < 1.29 is 29.9 Å². The Morgan fingerprint density at radius 3 is 2.46 bits per heavy atom. The smallest absolute Gasteiger partial charge is 0.180 e. The molecule has 1 saturated heterocycles. The van der Waals surface area contributed by atoms with Crippen LogP contribution in [0.15, 0.2) is 30.5 Å². The van der Waals surface area contributed by atoms with Crippen molar-refractivity contribution in [3.05, 3.63) is 30.5 Å². The van der Waals surface area contributed by atoms with E-state index in [1.165, 1.54) is 4.68 Å². The van der Waals surface area contributed by atoms with E-state index in [-0.39, 0.29) is 0 Å². The van der Waals surface area contributed by atoms with Gasteiger partial charge in [0.15, 0.2) is 6.23 Å².